The van der Waals surface area contributed by atoms with Crippen LogP contribution in [0.3, 0.4) is 0 Å². The fourth-order valence-corrected chi connectivity index (χ4v) is 0.503. The van der Waals surface area contributed by atoms with E-state index < -0.39 is 17.7 Å². The van der Waals surface area contributed by atoms with E-state index in [0.29, 0.717) is 0 Å². The Kier molecular flexibility index (Phi) is 3.10. The third kappa shape index (κ3) is 4.41. The summed E-state index contributed by atoms with van der Waals surface area (Å²) in [5.41, 5.74) is -0.738. The van der Waals surface area contributed by atoms with Crippen LogP contribution in [0.4, 0.5) is 13.2 Å². The number of hydrogen-bond acceptors (Lipinski definition) is 2. The Morgan fingerprint density at radius 1 is 1.55 bits per heavy atom. The minimum atomic E-state index is -4.58. The first kappa shape index (κ1) is 10.0. The van der Waals surface area contributed by atoms with E-state index in [4.69, 9.17) is 0 Å². The molecule has 5 heteroatoms. The number of carbonyl (C=O) groups excluding carboxylic acids is 1. The summed E-state index contributed by atoms with van der Waals surface area (Å²) in [4.78, 5) is 9.93. The molecule has 0 rings (SSSR count). The molecule has 11 heavy (non-hydrogen) atoms. The van der Waals surface area contributed by atoms with Crippen LogP contribution in [0.5, 0.6) is 0 Å². The average Bonchev–Trinajstić information content (AvgIpc) is 1.80. The molecular weight excluding hydrogens is 161 g/mol. The van der Waals surface area contributed by atoms with E-state index in [0.717, 1.165) is 0 Å². The molecule has 0 aliphatic rings. The Bertz CT molecular complexity index is 181. The highest BCUT2D eigenvalue weighted by Gasteiger charge is 2.24. The zero-order valence-corrected chi connectivity index (χ0v) is 5.73. The van der Waals surface area contributed by atoms with Gasteiger partial charge >= 0.3 is 6.18 Å². The normalized spacial score (nSPS) is 13.3. The lowest BCUT2D eigenvalue weighted by Gasteiger charge is -2.06. The number of carboxylic acids is 1. The lowest BCUT2D eigenvalue weighted by molar-refractivity contribution is -0.299. The Morgan fingerprint density at radius 2 is 2.00 bits per heavy atom. The maximum absolute atomic E-state index is 11.5. The number of allylic oxidation sites excluding steroid dienone is 1. The van der Waals surface area contributed by atoms with E-state index in [-0.39, 0.29) is 12.5 Å². The van der Waals surface area contributed by atoms with Crippen LogP contribution in [0.1, 0.15) is 13.3 Å². The predicted octanol–water partition coefficient (Wildman–Crippen LogP) is 0.635. The quantitative estimate of drug-likeness (QED) is 0.566. The second-order valence-electron chi connectivity index (χ2n) is 1.85. The van der Waals surface area contributed by atoms with Crippen LogP contribution in [-0.4, -0.2) is 12.1 Å². The number of carboxylic acid groups (broad SMARTS) is 1. The van der Waals surface area contributed by atoms with Crippen molar-refractivity contribution < 1.29 is 23.1 Å². The highest BCUT2D eigenvalue weighted by Crippen LogP contribution is 2.19. The van der Waals surface area contributed by atoms with Gasteiger partial charge < -0.3 is 9.90 Å². The van der Waals surface area contributed by atoms with Crippen molar-refractivity contribution in [2.45, 2.75) is 19.5 Å². The van der Waals surface area contributed by atoms with E-state index in [1.54, 1.807) is 0 Å². The molecule has 0 heterocycles. The first-order valence-corrected chi connectivity index (χ1v) is 2.86. The van der Waals surface area contributed by atoms with E-state index in [2.05, 4.69) is 0 Å². The van der Waals surface area contributed by atoms with Crippen molar-refractivity contribution >= 4 is 5.97 Å². The second kappa shape index (κ2) is 3.41. The third-order valence-corrected chi connectivity index (χ3v) is 0.981. The molecule has 2 nitrogen and oxygen atoms in total. The molecule has 0 bridgehead atoms. The minimum Gasteiger partial charge on any atom is -0.545 e. The van der Waals surface area contributed by atoms with Crippen molar-refractivity contribution in [1.82, 2.24) is 0 Å². The van der Waals surface area contributed by atoms with Crippen molar-refractivity contribution in [3.63, 3.8) is 0 Å². The molecule has 0 fully saturated rings. The van der Waals surface area contributed by atoms with Gasteiger partial charge in [-0.2, -0.15) is 13.2 Å². The molecule has 0 aromatic rings. The van der Waals surface area contributed by atoms with Crippen molar-refractivity contribution in [2.24, 2.45) is 0 Å². The van der Waals surface area contributed by atoms with Crippen LogP contribution < -0.4 is 5.11 Å². The summed E-state index contributed by atoms with van der Waals surface area (Å²) >= 11 is 0. The fourth-order valence-electron chi connectivity index (χ4n) is 0.503. The van der Waals surface area contributed by atoms with Crippen LogP contribution in [0.2, 0.25) is 0 Å². The number of hydrogen-bond donors (Lipinski definition) is 0. The van der Waals surface area contributed by atoms with Gasteiger partial charge in [0.15, 0.2) is 0 Å². The van der Waals surface area contributed by atoms with Gasteiger partial charge in [-0.05, 0) is 12.0 Å². The minimum absolute atomic E-state index is 0.193. The van der Waals surface area contributed by atoms with Gasteiger partial charge in [-0.15, -0.1) is 0 Å². The molecule has 0 saturated heterocycles. The maximum atomic E-state index is 11.5. The summed E-state index contributed by atoms with van der Waals surface area (Å²) in [5, 5.41) is 9.93. The van der Waals surface area contributed by atoms with Crippen molar-refractivity contribution in [1.29, 1.82) is 0 Å². The lowest BCUT2D eigenvalue weighted by atomic mass is 10.2. The zero-order chi connectivity index (χ0) is 9.07. The summed E-state index contributed by atoms with van der Waals surface area (Å²) in [6.45, 7) is 1.31. The molecular formula is C6H6F3O2-. The monoisotopic (exact) mass is 167 g/mol. The Labute approximate surface area is 61.3 Å². The number of alkyl halides is 3. The summed E-state index contributed by atoms with van der Waals surface area (Å²) in [6.07, 6.45) is -5.03. The number of aliphatic carboxylic acids is 1. The predicted molar refractivity (Wildman–Crippen MR) is 29.4 cm³/mol. The Balaban J connectivity index is 4.49. The molecule has 0 aliphatic carbocycles. The average molecular weight is 167 g/mol. The van der Waals surface area contributed by atoms with Gasteiger partial charge in [0.25, 0.3) is 0 Å². The van der Waals surface area contributed by atoms with E-state index in [9.17, 15) is 23.1 Å². The van der Waals surface area contributed by atoms with Gasteiger partial charge in [0.2, 0.25) is 0 Å². The number of carbonyl (C=O) groups is 1. The highest BCUT2D eigenvalue weighted by molar-refractivity contribution is 5.84. The molecule has 0 aromatic heterocycles. The number of rotatable bonds is 2. The van der Waals surface area contributed by atoms with Gasteiger partial charge in [0.1, 0.15) is 0 Å². The first-order chi connectivity index (χ1) is 4.87. The molecule has 0 saturated carbocycles. The Hall–Kier alpha value is -1.00. The van der Waals surface area contributed by atoms with Gasteiger partial charge in [-0.1, -0.05) is 6.92 Å². The van der Waals surface area contributed by atoms with Crippen molar-refractivity contribution in [3.05, 3.63) is 11.6 Å². The van der Waals surface area contributed by atoms with Crippen molar-refractivity contribution in [2.75, 3.05) is 0 Å². The lowest BCUT2D eigenvalue weighted by Crippen LogP contribution is -2.25. The molecule has 0 atom stereocenters. The molecule has 0 amide bonds. The van der Waals surface area contributed by atoms with E-state index in [1.165, 1.54) is 6.92 Å². The second-order valence-corrected chi connectivity index (χ2v) is 1.85. The summed E-state index contributed by atoms with van der Waals surface area (Å²) in [5.74, 6) is -1.77. The third-order valence-electron chi connectivity index (χ3n) is 0.981. The van der Waals surface area contributed by atoms with Crippen molar-refractivity contribution in [3.8, 4) is 0 Å². The standard InChI is InChI=1S/C6H7F3O2/c1-2-4(5(10)11)3-6(7,8)9/h3H,2H2,1H3,(H,10,11)/p-1. The van der Waals surface area contributed by atoms with E-state index >= 15 is 0 Å². The zero-order valence-electron chi connectivity index (χ0n) is 5.73. The molecule has 0 N–H and O–H groups in total. The van der Waals surface area contributed by atoms with Crippen LogP contribution in [0.25, 0.3) is 0 Å². The van der Waals surface area contributed by atoms with Gasteiger partial charge in [-0.3, -0.25) is 0 Å². The van der Waals surface area contributed by atoms with Gasteiger partial charge in [-0.25, -0.2) is 0 Å². The topological polar surface area (TPSA) is 40.1 Å². The van der Waals surface area contributed by atoms with Crippen LogP contribution >= 0.6 is 0 Å². The summed E-state index contributed by atoms with van der Waals surface area (Å²) in [6, 6.07) is 0. The highest BCUT2D eigenvalue weighted by atomic mass is 19.4. The number of halogens is 3. The molecule has 64 valence electrons. The SMILES string of the molecule is CCC(=CC(F)(F)F)C(=O)[O-]. The molecule has 0 unspecified atom stereocenters. The fraction of sp³-hybridized carbons (Fsp3) is 0.500. The smallest absolute Gasteiger partial charge is 0.410 e. The Morgan fingerprint density at radius 3 is 2.09 bits per heavy atom. The molecule has 0 radical (unpaired) electrons. The summed E-state index contributed by atoms with van der Waals surface area (Å²) < 4.78 is 34.5. The molecule has 0 spiro atoms. The summed E-state index contributed by atoms with van der Waals surface area (Å²) in [7, 11) is 0. The van der Waals surface area contributed by atoms with Gasteiger partial charge in [0, 0.05) is 6.08 Å². The molecule has 0 aromatic carbocycles. The maximum Gasteiger partial charge on any atom is 0.410 e. The first-order valence-electron chi connectivity index (χ1n) is 2.86. The largest absolute Gasteiger partial charge is 0.545 e. The van der Waals surface area contributed by atoms with Crippen LogP contribution in [-0.2, 0) is 4.79 Å². The van der Waals surface area contributed by atoms with Crippen LogP contribution in [0.15, 0.2) is 11.6 Å². The van der Waals surface area contributed by atoms with E-state index in [1.807, 2.05) is 0 Å². The van der Waals surface area contributed by atoms with Gasteiger partial charge in [0.05, 0.1) is 5.97 Å². The van der Waals surface area contributed by atoms with Crippen LogP contribution in [0, 0.1) is 0 Å². The molecule has 0 aliphatic heterocycles.